The van der Waals surface area contributed by atoms with Crippen molar-refractivity contribution in [3.8, 4) is 0 Å². The Morgan fingerprint density at radius 2 is 1.39 bits per heavy atom. The average molecular weight is 385 g/mol. The van der Waals surface area contributed by atoms with Crippen LogP contribution in [0, 0.1) is 0 Å². The van der Waals surface area contributed by atoms with Crippen molar-refractivity contribution in [2.24, 2.45) is 0 Å². The molecule has 0 aliphatic heterocycles. The lowest BCUT2D eigenvalue weighted by molar-refractivity contribution is -0.116. The zero-order valence-electron chi connectivity index (χ0n) is 15.9. The largest absolute Gasteiger partial charge is 0.378 e. The van der Waals surface area contributed by atoms with Gasteiger partial charge in [-0.05, 0) is 24.3 Å². The van der Waals surface area contributed by atoms with Crippen molar-refractivity contribution in [2.75, 3.05) is 24.3 Å². The van der Waals surface area contributed by atoms with Crippen LogP contribution >= 0.6 is 0 Å². The molecule has 0 spiro atoms. The zero-order chi connectivity index (χ0) is 20.8. The molecule has 0 fully saturated rings. The molecule has 148 valence electrons. The van der Waals surface area contributed by atoms with Gasteiger partial charge in [-0.25, -0.2) is 28.1 Å². The van der Waals surface area contributed by atoms with Gasteiger partial charge >= 0.3 is 17.1 Å². The summed E-state index contributed by atoms with van der Waals surface area (Å²) in [5.74, 6) is -0.564. The van der Waals surface area contributed by atoms with Gasteiger partial charge in [0.1, 0.15) is 6.54 Å². The highest BCUT2D eigenvalue weighted by molar-refractivity contribution is 5.90. The average Bonchev–Trinajstić information content (AvgIpc) is 2.66. The lowest BCUT2D eigenvalue weighted by atomic mass is 10.2. The number of aromatic nitrogens is 3. The van der Waals surface area contributed by atoms with E-state index in [1.54, 1.807) is 12.1 Å². The molecule has 2 rings (SSSR count). The quantitative estimate of drug-likeness (QED) is 0.657. The fourth-order valence-corrected chi connectivity index (χ4v) is 2.58. The van der Waals surface area contributed by atoms with Gasteiger partial charge in [0.05, 0.1) is 13.1 Å². The number of amides is 1. The monoisotopic (exact) mass is 385 g/mol. The number of carbonyl (C=O) groups excluding carboxylic acids is 1. The third-order valence-corrected chi connectivity index (χ3v) is 3.98. The van der Waals surface area contributed by atoms with E-state index in [-0.39, 0.29) is 13.1 Å². The molecule has 1 N–H and O–H groups in total. The standard InChI is InChI=1S/C19H23N5O4/c1-5-11-22-17(26)23(12-6-2)19(28)24(18(22)27)13-16(25)20-14-7-9-15(10-8-14)21(3)4/h5-10H,1-2,11-13H2,3-4H3,(H,20,25). The van der Waals surface area contributed by atoms with Crippen LogP contribution in [0.3, 0.4) is 0 Å². The maximum Gasteiger partial charge on any atom is 0.337 e. The molecule has 0 aliphatic rings. The van der Waals surface area contributed by atoms with Gasteiger partial charge in [0, 0.05) is 25.5 Å². The summed E-state index contributed by atoms with van der Waals surface area (Å²) in [7, 11) is 3.79. The molecule has 0 atom stereocenters. The molecule has 9 heteroatoms. The highest BCUT2D eigenvalue weighted by atomic mass is 16.2. The van der Waals surface area contributed by atoms with E-state index in [1.807, 2.05) is 31.1 Å². The van der Waals surface area contributed by atoms with Crippen molar-refractivity contribution in [1.82, 2.24) is 13.7 Å². The van der Waals surface area contributed by atoms with E-state index in [0.29, 0.717) is 5.69 Å². The molecule has 1 amide bonds. The van der Waals surface area contributed by atoms with Gasteiger partial charge in [0.15, 0.2) is 0 Å². The maximum atomic E-state index is 12.5. The van der Waals surface area contributed by atoms with Gasteiger partial charge in [-0.3, -0.25) is 4.79 Å². The van der Waals surface area contributed by atoms with Crippen molar-refractivity contribution < 1.29 is 4.79 Å². The topological polar surface area (TPSA) is 98.3 Å². The van der Waals surface area contributed by atoms with Crippen LogP contribution in [0.4, 0.5) is 11.4 Å². The number of rotatable bonds is 8. The van der Waals surface area contributed by atoms with E-state index in [9.17, 15) is 19.2 Å². The van der Waals surface area contributed by atoms with Gasteiger partial charge in [-0.2, -0.15) is 0 Å². The van der Waals surface area contributed by atoms with Crippen LogP contribution in [0.25, 0.3) is 0 Å². The van der Waals surface area contributed by atoms with Gasteiger partial charge in [-0.15, -0.1) is 13.2 Å². The SMILES string of the molecule is C=CCn1c(=O)n(CC=C)c(=O)n(CC(=O)Nc2ccc(N(C)C)cc2)c1=O. The second-order valence-corrected chi connectivity index (χ2v) is 6.22. The molecule has 0 radical (unpaired) electrons. The Kier molecular flexibility index (Phi) is 6.54. The predicted octanol–water partition coefficient (Wildman–Crippen LogP) is 0.248. The number of hydrogen-bond donors (Lipinski definition) is 1. The first kappa shape index (κ1) is 20.7. The molecule has 1 heterocycles. The van der Waals surface area contributed by atoms with Crippen LogP contribution in [0.1, 0.15) is 0 Å². The minimum absolute atomic E-state index is 0.0806. The summed E-state index contributed by atoms with van der Waals surface area (Å²) >= 11 is 0. The lowest BCUT2D eigenvalue weighted by Gasteiger charge is -2.14. The Hall–Kier alpha value is -3.62. The van der Waals surface area contributed by atoms with Crippen molar-refractivity contribution in [3.63, 3.8) is 0 Å². The molecule has 2 aromatic rings. The Morgan fingerprint density at radius 1 is 0.929 bits per heavy atom. The molecule has 1 aromatic carbocycles. The number of anilines is 2. The summed E-state index contributed by atoms with van der Waals surface area (Å²) in [6.45, 7) is 6.32. The summed E-state index contributed by atoms with van der Waals surface area (Å²) < 4.78 is 2.41. The molecule has 9 nitrogen and oxygen atoms in total. The molecule has 0 aliphatic carbocycles. The van der Waals surface area contributed by atoms with Crippen LogP contribution in [-0.4, -0.2) is 33.7 Å². The second-order valence-electron chi connectivity index (χ2n) is 6.22. The first-order chi connectivity index (χ1) is 13.3. The van der Waals surface area contributed by atoms with E-state index in [1.165, 1.54) is 12.2 Å². The third kappa shape index (κ3) is 4.37. The molecular formula is C19H23N5O4. The summed E-state index contributed by atoms with van der Waals surface area (Å²) in [5.41, 5.74) is -1.03. The summed E-state index contributed by atoms with van der Waals surface area (Å²) in [6, 6.07) is 7.07. The zero-order valence-corrected chi connectivity index (χ0v) is 15.9. The van der Waals surface area contributed by atoms with Crippen LogP contribution < -0.4 is 27.3 Å². The number of nitrogens with zero attached hydrogens (tertiary/aromatic N) is 4. The van der Waals surface area contributed by atoms with Gasteiger partial charge < -0.3 is 10.2 Å². The van der Waals surface area contributed by atoms with Crippen LogP contribution in [0.2, 0.25) is 0 Å². The van der Waals surface area contributed by atoms with E-state index in [2.05, 4.69) is 18.5 Å². The predicted molar refractivity (Wildman–Crippen MR) is 109 cm³/mol. The van der Waals surface area contributed by atoms with Crippen LogP contribution in [0.5, 0.6) is 0 Å². The normalized spacial score (nSPS) is 10.4. The molecule has 0 saturated carbocycles. The number of hydrogen-bond acceptors (Lipinski definition) is 5. The summed E-state index contributed by atoms with van der Waals surface area (Å²) in [4.78, 5) is 51.6. The highest BCUT2D eigenvalue weighted by Crippen LogP contribution is 2.15. The van der Waals surface area contributed by atoms with Crippen molar-refractivity contribution in [3.05, 3.63) is 81.0 Å². The van der Waals surface area contributed by atoms with Gasteiger partial charge in [-0.1, -0.05) is 12.2 Å². The first-order valence-electron chi connectivity index (χ1n) is 8.53. The Balaban J connectivity index is 2.36. The van der Waals surface area contributed by atoms with Crippen molar-refractivity contribution in [1.29, 1.82) is 0 Å². The smallest absolute Gasteiger partial charge is 0.337 e. The van der Waals surface area contributed by atoms with Crippen LogP contribution in [-0.2, 0) is 24.4 Å². The molecule has 1 aromatic heterocycles. The van der Waals surface area contributed by atoms with Crippen molar-refractivity contribution in [2.45, 2.75) is 19.6 Å². The number of nitrogens with one attached hydrogen (secondary N) is 1. The molecule has 28 heavy (non-hydrogen) atoms. The third-order valence-electron chi connectivity index (χ3n) is 3.98. The van der Waals surface area contributed by atoms with E-state index in [0.717, 1.165) is 19.4 Å². The van der Waals surface area contributed by atoms with Gasteiger partial charge in [0.2, 0.25) is 5.91 Å². The number of benzene rings is 1. The van der Waals surface area contributed by atoms with E-state index < -0.39 is 29.5 Å². The fourth-order valence-electron chi connectivity index (χ4n) is 2.58. The lowest BCUT2D eigenvalue weighted by Crippen LogP contribution is -2.55. The molecule has 0 bridgehead atoms. The Bertz CT molecular complexity index is 1010. The second kappa shape index (κ2) is 8.85. The van der Waals surface area contributed by atoms with Crippen molar-refractivity contribution >= 4 is 17.3 Å². The summed E-state index contributed by atoms with van der Waals surface area (Å²) in [6.07, 6.45) is 2.73. The number of allylic oxidation sites excluding steroid dienone is 2. The minimum atomic E-state index is -0.867. The summed E-state index contributed by atoms with van der Waals surface area (Å²) in [5, 5.41) is 2.64. The minimum Gasteiger partial charge on any atom is -0.378 e. The first-order valence-corrected chi connectivity index (χ1v) is 8.53. The molecular weight excluding hydrogens is 362 g/mol. The fraction of sp³-hybridized carbons (Fsp3) is 0.263. The highest BCUT2D eigenvalue weighted by Gasteiger charge is 2.16. The maximum absolute atomic E-state index is 12.5. The molecule has 0 saturated heterocycles. The van der Waals surface area contributed by atoms with E-state index in [4.69, 9.17) is 0 Å². The van der Waals surface area contributed by atoms with E-state index >= 15 is 0 Å². The Morgan fingerprint density at radius 3 is 1.82 bits per heavy atom. The number of carbonyl (C=O) groups is 1. The van der Waals surface area contributed by atoms with Gasteiger partial charge in [0.25, 0.3) is 0 Å². The molecule has 0 unspecified atom stereocenters. The Labute approximate surface area is 161 Å². The van der Waals surface area contributed by atoms with Crippen LogP contribution in [0.15, 0.2) is 64.0 Å².